The number of carbonyl (C=O) groups excluding carboxylic acids is 1. The van der Waals surface area contributed by atoms with Crippen LogP contribution >= 0.6 is 11.3 Å². The lowest BCUT2D eigenvalue weighted by atomic mass is 9.95. The van der Waals surface area contributed by atoms with Crippen LogP contribution in [-0.4, -0.2) is 28.9 Å². The Morgan fingerprint density at radius 1 is 1.38 bits per heavy atom. The molecule has 1 aromatic carbocycles. The van der Waals surface area contributed by atoms with Gasteiger partial charge in [0.05, 0.1) is 10.7 Å². The van der Waals surface area contributed by atoms with Gasteiger partial charge in [-0.2, -0.15) is 0 Å². The molecule has 24 heavy (non-hydrogen) atoms. The Bertz CT molecular complexity index is 720. The highest BCUT2D eigenvalue weighted by atomic mass is 32.1. The van der Waals surface area contributed by atoms with Crippen molar-refractivity contribution in [2.75, 3.05) is 24.1 Å². The summed E-state index contributed by atoms with van der Waals surface area (Å²) in [4.78, 5) is 19.4. The molecule has 1 aliphatic rings. The number of thiazole rings is 1. The molecule has 1 aliphatic heterocycles. The monoisotopic (exact) mass is 344 g/mol. The highest BCUT2D eigenvalue weighted by Gasteiger charge is 2.25. The zero-order valence-electron chi connectivity index (χ0n) is 14.2. The predicted molar refractivity (Wildman–Crippen MR) is 99.1 cm³/mol. The van der Waals surface area contributed by atoms with Gasteiger partial charge in [0, 0.05) is 29.2 Å². The lowest BCUT2D eigenvalue weighted by Gasteiger charge is -2.30. The van der Waals surface area contributed by atoms with Crippen LogP contribution in [-0.2, 0) is 11.3 Å². The number of nitrogens with zero attached hydrogens (tertiary/aromatic N) is 2. The van der Waals surface area contributed by atoms with Crippen molar-refractivity contribution in [2.45, 2.75) is 33.2 Å². The van der Waals surface area contributed by atoms with Crippen molar-refractivity contribution >= 4 is 28.6 Å². The van der Waals surface area contributed by atoms with Gasteiger partial charge in [0.15, 0.2) is 0 Å². The van der Waals surface area contributed by atoms with Crippen LogP contribution < -0.4 is 11.1 Å². The first-order valence-electron chi connectivity index (χ1n) is 8.31. The van der Waals surface area contributed by atoms with Gasteiger partial charge in [0.2, 0.25) is 5.91 Å². The number of benzene rings is 1. The van der Waals surface area contributed by atoms with E-state index >= 15 is 0 Å². The zero-order valence-corrected chi connectivity index (χ0v) is 15.0. The first-order chi connectivity index (χ1) is 11.5. The number of nitrogen functional groups attached to an aromatic ring is 1. The summed E-state index contributed by atoms with van der Waals surface area (Å²) in [6.45, 7) is 6.76. The number of likely N-dealkylation sites (tertiary alicyclic amines) is 1. The quantitative estimate of drug-likeness (QED) is 0.836. The van der Waals surface area contributed by atoms with Crippen molar-refractivity contribution in [3.63, 3.8) is 0 Å². The topological polar surface area (TPSA) is 71.2 Å². The third-order valence-corrected chi connectivity index (χ3v) is 5.35. The molecule has 5 nitrogen and oxygen atoms in total. The maximum absolute atomic E-state index is 12.5. The fourth-order valence-electron chi connectivity index (χ4n) is 3.07. The van der Waals surface area contributed by atoms with E-state index in [9.17, 15) is 4.79 Å². The summed E-state index contributed by atoms with van der Waals surface area (Å²) in [6, 6.07) is 5.61. The number of aryl methyl sites for hydroxylation is 2. The summed E-state index contributed by atoms with van der Waals surface area (Å²) < 4.78 is 0. The third-order valence-electron chi connectivity index (χ3n) is 4.53. The van der Waals surface area contributed by atoms with E-state index in [0.717, 1.165) is 54.4 Å². The second-order valence-electron chi connectivity index (χ2n) is 6.47. The van der Waals surface area contributed by atoms with Crippen molar-refractivity contribution in [1.82, 2.24) is 9.88 Å². The van der Waals surface area contributed by atoms with E-state index in [0.29, 0.717) is 5.69 Å². The molecule has 128 valence electrons. The van der Waals surface area contributed by atoms with Crippen LogP contribution in [0.4, 0.5) is 11.4 Å². The van der Waals surface area contributed by atoms with Crippen LogP contribution in [0.15, 0.2) is 23.6 Å². The number of nitrogens with two attached hydrogens (primary N) is 1. The number of hydrogen-bond acceptors (Lipinski definition) is 5. The van der Waals surface area contributed by atoms with Crippen LogP contribution in [0, 0.1) is 19.8 Å². The van der Waals surface area contributed by atoms with Gasteiger partial charge in [0.1, 0.15) is 0 Å². The number of aromatic nitrogens is 1. The molecule has 0 bridgehead atoms. The van der Waals surface area contributed by atoms with Crippen LogP contribution in [0.25, 0.3) is 0 Å². The van der Waals surface area contributed by atoms with E-state index < -0.39 is 0 Å². The summed E-state index contributed by atoms with van der Waals surface area (Å²) in [5, 5.41) is 6.27. The molecule has 0 spiro atoms. The molecular formula is C18H24N4OS. The molecule has 2 heterocycles. The first kappa shape index (κ1) is 16.9. The van der Waals surface area contributed by atoms with Crippen molar-refractivity contribution in [3.05, 3.63) is 39.8 Å². The Labute approximate surface area is 146 Å². The van der Waals surface area contributed by atoms with Gasteiger partial charge in [-0.25, -0.2) is 4.98 Å². The van der Waals surface area contributed by atoms with E-state index in [2.05, 4.69) is 20.6 Å². The summed E-state index contributed by atoms with van der Waals surface area (Å²) in [5.41, 5.74) is 9.47. The number of rotatable bonds is 4. The predicted octanol–water partition coefficient (Wildman–Crippen LogP) is 3.19. The summed E-state index contributed by atoms with van der Waals surface area (Å²) in [7, 11) is 0. The second-order valence-corrected chi connectivity index (χ2v) is 7.53. The average Bonchev–Trinajstić information content (AvgIpc) is 2.96. The van der Waals surface area contributed by atoms with Crippen molar-refractivity contribution in [2.24, 2.45) is 5.92 Å². The van der Waals surface area contributed by atoms with Crippen molar-refractivity contribution < 1.29 is 4.79 Å². The molecule has 2 aromatic rings. The number of amides is 1. The minimum absolute atomic E-state index is 0.0688. The molecule has 1 fully saturated rings. The zero-order chi connectivity index (χ0) is 17.1. The standard InChI is InChI=1S/C18H24N4OS/c1-12-3-4-15(19)9-17(12)21-18(23)14-5-7-22(8-6-14)10-16-11-24-13(2)20-16/h3-4,9,11,14H,5-8,10,19H2,1-2H3,(H,21,23). The Balaban J connectivity index is 1.52. The molecule has 1 amide bonds. The van der Waals surface area contributed by atoms with Crippen LogP contribution in [0.5, 0.6) is 0 Å². The minimum atomic E-state index is 0.0688. The van der Waals surface area contributed by atoms with E-state index in [1.807, 2.05) is 32.0 Å². The summed E-state index contributed by atoms with van der Waals surface area (Å²) >= 11 is 1.69. The van der Waals surface area contributed by atoms with Gasteiger partial charge in [-0.15, -0.1) is 11.3 Å². The van der Waals surface area contributed by atoms with E-state index in [1.54, 1.807) is 11.3 Å². The molecule has 0 unspecified atom stereocenters. The molecule has 6 heteroatoms. The Morgan fingerprint density at radius 3 is 2.79 bits per heavy atom. The molecule has 1 aromatic heterocycles. The Hall–Kier alpha value is -1.92. The second kappa shape index (κ2) is 7.32. The van der Waals surface area contributed by atoms with Gasteiger partial charge in [-0.05, 0) is 57.5 Å². The smallest absolute Gasteiger partial charge is 0.227 e. The Morgan fingerprint density at radius 2 is 2.12 bits per heavy atom. The number of carbonyl (C=O) groups is 1. The molecule has 1 saturated heterocycles. The average molecular weight is 344 g/mol. The number of anilines is 2. The third kappa shape index (κ3) is 4.13. The maximum Gasteiger partial charge on any atom is 0.227 e. The lowest BCUT2D eigenvalue weighted by molar-refractivity contribution is -0.121. The number of piperidine rings is 1. The fraction of sp³-hybridized carbons (Fsp3) is 0.444. The van der Waals surface area contributed by atoms with Crippen molar-refractivity contribution in [1.29, 1.82) is 0 Å². The Kier molecular flexibility index (Phi) is 5.16. The fourth-order valence-corrected chi connectivity index (χ4v) is 3.68. The summed E-state index contributed by atoms with van der Waals surface area (Å²) in [5.74, 6) is 0.173. The van der Waals surface area contributed by atoms with Gasteiger partial charge >= 0.3 is 0 Å². The highest BCUT2D eigenvalue weighted by molar-refractivity contribution is 7.09. The molecule has 3 rings (SSSR count). The van der Waals surface area contributed by atoms with E-state index in [1.165, 1.54) is 0 Å². The number of nitrogens with one attached hydrogen (secondary N) is 1. The SMILES string of the molecule is Cc1nc(CN2CCC(C(=O)Nc3cc(N)ccc3C)CC2)cs1. The van der Waals surface area contributed by atoms with Gasteiger partial charge in [0.25, 0.3) is 0 Å². The molecule has 0 radical (unpaired) electrons. The molecule has 0 aliphatic carbocycles. The minimum Gasteiger partial charge on any atom is -0.399 e. The van der Waals surface area contributed by atoms with Crippen LogP contribution in [0.1, 0.15) is 29.1 Å². The van der Waals surface area contributed by atoms with Crippen molar-refractivity contribution in [3.8, 4) is 0 Å². The molecule has 0 atom stereocenters. The van der Waals surface area contributed by atoms with E-state index in [-0.39, 0.29) is 11.8 Å². The number of hydrogen-bond donors (Lipinski definition) is 2. The normalized spacial score (nSPS) is 16.2. The molecular weight excluding hydrogens is 320 g/mol. The maximum atomic E-state index is 12.5. The first-order valence-corrected chi connectivity index (χ1v) is 9.19. The summed E-state index contributed by atoms with van der Waals surface area (Å²) in [6.07, 6.45) is 1.77. The lowest BCUT2D eigenvalue weighted by Crippen LogP contribution is -2.37. The van der Waals surface area contributed by atoms with Gasteiger partial charge in [-0.1, -0.05) is 6.07 Å². The van der Waals surface area contributed by atoms with Crippen LogP contribution in [0.3, 0.4) is 0 Å². The van der Waals surface area contributed by atoms with Gasteiger partial charge < -0.3 is 11.1 Å². The largest absolute Gasteiger partial charge is 0.399 e. The van der Waals surface area contributed by atoms with Gasteiger partial charge in [-0.3, -0.25) is 9.69 Å². The molecule has 3 N–H and O–H groups in total. The van der Waals surface area contributed by atoms with E-state index in [4.69, 9.17) is 5.73 Å². The molecule has 0 saturated carbocycles. The van der Waals surface area contributed by atoms with Crippen LogP contribution in [0.2, 0.25) is 0 Å². The highest BCUT2D eigenvalue weighted by Crippen LogP contribution is 2.23.